The zero-order valence-corrected chi connectivity index (χ0v) is 17.1. The van der Waals surface area contributed by atoms with E-state index in [0.717, 1.165) is 25.8 Å². The van der Waals surface area contributed by atoms with E-state index in [0.29, 0.717) is 5.75 Å². The van der Waals surface area contributed by atoms with Crippen LogP contribution in [0.2, 0.25) is 0 Å². The predicted molar refractivity (Wildman–Crippen MR) is 107 cm³/mol. The van der Waals surface area contributed by atoms with Gasteiger partial charge in [-0.3, -0.25) is 19.3 Å². The Balaban J connectivity index is 2.13. The van der Waals surface area contributed by atoms with Crippen molar-refractivity contribution in [2.24, 2.45) is 0 Å². The van der Waals surface area contributed by atoms with Crippen LogP contribution in [0.3, 0.4) is 0 Å². The zero-order valence-electron chi connectivity index (χ0n) is 14.2. The molecule has 136 valence electrons. The van der Waals surface area contributed by atoms with E-state index in [9.17, 15) is 14.4 Å². The molecule has 1 aromatic rings. The first-order valence-corrected chi connectivity index (χ1v) is 9.52. The third-order valence-corrected chi connectivity index (χ3v) is 4.84. The Kier molecular flexibility index (Phi) is 7.11. The summed E-state index contributed by atoms with van der Waals surface area (Å²) in [6.45, 7) is 3.17. The third kappa shape index (κ3) is 5.25. The Morgan fingerprint density at radius 1 is 1.42 bits per heavy atom. The van der Waals surface area contributed by atoms with Crippen molar-refractivity contribution in [3.8, 4) is 18.1 Å². The number of carbonyl (C=O) groups excluding carboxylic acids is 3. The first-order valence-electron chi connectivity index (χ1n) is 7.62. The van der Waals surface area contributed by atoms with Crippen LogP contribution in [0.1, 0.15) is 19.4 Å². The van der Waals surface area contributed by atoms with Gasteiger partial charge in [0.25, 0.3) is 11.1 Å². The predicted octanol–water partition coefficient (Wildman–Crippen LogP) is 3.29. The fourth-order valence-electron chi connectivity index (χ4n) is 2.06. The van der Waals surface area contributed by atoms with Gasteiger partial charge >= 0.3 is 5.97 Å². The molecule has 26 heavy (non-hydrogen) atoms. The molecular formula is C18H16INO5S. The van der Waals surface area contributed by atoms with Crippen LogP contribution in [0.15, 0.2) is 23.1 Å². The molecule has 1 aromatic carbocycles. The van der Waals surface area contributed by atoms with E-state index in [1.54, 1.807) is 32.1 Å². The minimum absolute atomic E-state index is 0.167. The Morgan fingerprint density at radius 3 is 2.77 bits per heavy atom. The zero-order chi connectivity index (χ0) is 19.3. The summed E-state index contributed by atoms with van der Waals surface area (Å²) in [6.07, 6.45) is 6.46. The topological polar surface area (TPSA) is 72.9 Å². The fourth-order valence-corrected chi connectivity index (χ4v) is 3.59. The largest absolute Gasteiger partial charge is 0.480 e. The van der Waals surface area contributed by atoms with Gasteiger partial charge in [-0.05, 0) is 72.0 Å². The second kappa shape index (κ2) is 9.09. The van der Waals surface area contributed by atoms with Gasteiger partial charge in [0.15, 0.2) is 0 Å². The maximum atomic E-state index is 12.4. The lowest BCUT2D eigenvalue weighted by molar-refractivity contribution is -0.149. The normalized spacial score (nSPS) is 15.5. The molecule has 1 heterocycles. The summed E-state index contributed by atoms with van der Waals surface area (Å²) in [4.78, 5) is 37.3. The molecule has 1 saturated heterocycles. The SMILES string of the molecule is C#CCOc1ccc(/C=C2/SC(=O)N(CC(=O)OC(C)C)C2=O)cc1I. The standard InChI is InChI=1S/C18H16INO5S/c1-4-7-24-14-6-5-12(8-13(14)19)9-15-17(22)20(18(23)26-15)10-16(21)25-11(2)3/h1,5-6,8-9,11H,7,10H2,2-3H3/b15-9+. The molecule has 2 rings (SSSR count). The van der Waals surface area contributed by atoms with E-state index in [1.165, 1.54) is 0 Å². The van der Waals surface area contributed by atoms with Crippen LogP contribution in [0.4, 0.5) is 4.79 Å². The number of nitrogens with zero attached hydrogens (tertiary/aromatic N) is 1. The quantitative estimate of drug-likeness (QED) is 0.267. The lowest BCUT2D eigenvalue weighted by atomic mass is 10.2. The van der Waals surface area contributed by atoms with E-state index in [-0.39, 0.29) is 17.6 Å². The Bertz CT molecular complexity index is 812. The fraction of sp³-hybridized carbons (Fsp3) is 0.278. The first kappa shape index (κ1) is 20.3. The van der Waals surface area contributed by atoms with Gasteiger partial charge in [0.05, 0.1) is 14.6 Å². The van der Waals surface area contributed by atoms with Crippen LogP contribution in [-0.2, 0) is 14.3 Å². The monoisotopic (exact) mass is 485 g/mol. The Morgan fingerprint density at radius 2 is 2.15 bits per heavy atom. The van der Waals surface area contributed by atoms with E-state index in [4.69, 9.17) is 15.9 Å². The Hall–Kier alpha value is -1.99. The second-order valence-corrected chi connectivity index (χ2v) is 7.64. The molecule has 0 unspecified atom stereocenters. The average Bonchev–Trinajstić information content (AvgIpc) is 2.81. The molecule has 6 nitrogen and oxygen atoms in total. The molecule has 0 spiro atoms. The number of thioether (sulfide) groups is 1. The highest BCUT2D eigenvalue weighted by Gasteiger charge is 2.36. The summed E-state index contributed by atoms with van der Waals surface area (Å²) in [5, 5.41) is -0.495. The van der Waals surface area contributed by atoms with Crippen molar-refractivity contribution >= 4 is 57.5 Å². The molecule has 0 aliphatic carbocycles. The van der Waals surface area contributed by atoms with Gasteiger partial charge in [-0.15, -0.1) is 6.42 Å². The third-order valence-electron chi connectivity index (χ3n) is 3.09. The van der Waals surface area contributed by atoms with Gasteiger partial charge in [0, 0.05) is 0 Å². The highest BCUT2D eigenvalue weighted by atomic mass is 127. The van der Waals surface area contributed by atoms with Gasteiger partial charge in [0.2, 0.25) is 0 Å². The van der Waals surface area contributed by atoms with E-state index in [2.05, 4.69) is 28.5 Å². The van der Waals surface area contributed by atoms with Crippen molar-refractivity contribution < 1.29 is 23.9 Å². The van der Waals surface area contributed by atoms with Gasteiger partial charge in [-0.2, -0.15) is 0 Å². The lowest BCUT2D eigenvalue weighted by Crippen LogP contribution is -2.35. The van der Waals surface area contributed by atoms with Crippen molar-refractivity contribution in [1.82, 2.24) is 4.90 Å². The number of benzene rings is 1. The van der Waals surface area contributed by atoms with Crippen LogP contribution in [0, 0.1) is 15.9 Å². The summed E-state index contributed by atoms with van der Waals surface area (Å²) in [5.74, 6) is 1.91. The van der Waals surface area contributed by atoms with E-state index >= 15 is 0 Å². The van der Waals surface area contributed by atoms with Crippen molar-refractivity contribution in [3.63, 3.8) is 0 Å². The van der Waals surface area contributed by atoms with Gasteiger partial charge in [0.1, 0.15) is 18.9 Å². The summed E-state index contributed by atoms with van der Waals surface area (Å²) >= 11 is 2.89. The molecule has 0 radical (unpaired) electrons. The van der Waals surface area contributed by atoms with Crippen molar-refractivity contribution in [2.45, 2.75) is 20.0 Å². The van der Waals surface area contributed by atoms with Gasteiger partial charge in [-0.1, -0.05) is 12.0 Å². The highest BCUT2D eigenvalue weighted by Crippen LogP contribution is 2.33. The number of hydrogen-bond acceptors (Lipinski definition) is 6. The number of amides is 2. The van der Waals surface area contributed by atoms with Crippen molar-refractivity contribution in [1.29, 1.82) is 0 Å². The number of terminal acetylenes is 1. The number of halogens is 1. The molecule has 1 aliphatic rings. The molecule has 2 amide bonds. The summed E-state index contributed by atoms with van der Waals surface area (Å²) in [7, 11) is 0. The smallest absolute Gasteiger partial charge is 0.326 e. The van der Waals surface area contributed by atoms with Crippen LogP contribution in [-0.4, -0.2) is 41.3 Å². The molecular weight excluding hydrogens is 469 g/mol. The number of rotatable bonds is 6. The molecule has 0 atom stereocenters. The number of carbonyl (C=O) groups is 3. The van der Waals surface area contributed by atoms with Gasteiger partial charge < -0.3 is 9.47 Å². The summed E-state index contributed by atoms with van der Waals surface area (Å²) in [6, 6.07) is 5.32. The van der Waals surface area contributed by atoms with E-state index in [1.807, 2.05) is 6.07 Å². The summed E-state index contributed by atoms with van der Waals surface area (Å²) in [5.41, 5.74) is 0.734. The molecule has 0 bridgehead atoms. The first-order chi connectivity index (χ1) is 12.3. The number of hydrogen-bond donors (Lipinski definition) is 0. The van der Waals surface area contributed by atoms with Crippen LogP contribution in [0.25, 0.3) is 6.08 Å². The van der Waals surface area contributed by atoms with Crippen molar-refractivity contribution in [2.75, 3.05) is 13.2 Å². The van der Waals surface area contributed by atoms with E-state index < -0.39 is 23.7 Å². The van der Waals surface area contributed by atoms with Crippen LogP contribution in [0.5, 0.6) is 5.75 Å². The molecule has 0 aromatic heterocycles. The van der Waals surface area contributed by atoms with Crippen molar-refractivity contribution in [3.05, 3.63) is 32.2 Å². The molecule has 0 N–H and O–H groups in total. The molecule has 8 heteroatoms. The van der Waals surface area contributed by atoms with Gasteiger partial charge in [-0.25, -0.2) is 0 Å². The average molecular weight is 485 g/mol. The number of ether oxygens (including phenoxy) is 2. The molecule has 0 saturated carbocycles. The molecule has 1 aliphatic heterocycles. The second-order valence-electron chi connectivity index (χ2n) is 5.49. The minimum atomic E-state index is -0.617. The number of imide groups is 1. The number of esters is 1. The highest BCUT2D eigenvalue weighted by molar-refractivity contribution is 14.1. The van der Waals surface area contributed by atoms with Crippen LogP contribution < -0.4 is 4.74 Å². The summed E-state index contributed by atoms with van der Waals surface area (Å²) < 4.78 is 11.2. The maximum Gasteiger partial charge on any atom is 0.326 e. The minimum Gasteiger partial charge on any atom is -0.480 e. The Labute approximate surface area is 169 Å². The lowest BCUT2D eigenvalue weighted by Gasteiger charge is -2.13. The maximum absolute atomic E-state index is 12.4. The molecule has 1 fully saturated rings. The van der Waals surface area contributed by atoms with Crippen LogP contribution >= 0.6 is 34.4 Å².